The molecular formula is C26H26N2O5. The minimum atomic E-state index is -0.484. The molecular weight excluding hydrogens is 420 g/mol. The van der Waals surface area contributed by atoms with Crippen LogP contribution >= 0.6 is 0 Å². The van der Waals surface area contributed by atoms with Gasteiger partial charge < -0.3 is 14.2 Å². The summed E-state index contributed by atoms with van der Waals surface area (Å²) in [7, 11) is 1.56. The molecule has 0 radical (unpaired) electrons. The monoisotopic (exact) mass is 446 g/mol. The van der Waals surface area contributed by atoms with Gasteiger partial charge in [-0.3, -0.25) is 20.4 Å². The maximum absolute atomic E-state index is 12.1. The number of ether oxygens (including phenoxy) is 3. The molecule has 0 atom stereocenters. The van der Waals surface area contributed by atoms with Crippen LogP contribution in [0.2, 0.25) is 0 Å². The SMILES string of the molecule is CCOc1cc(C=CC(=O)NNC(=O)COc2ccccc2-c2ccccc2)ccc1OC. The van der Waals surface area contributed by atoms with Crippen molar-refractivity contribution in [1.29, 1.82) is 0 Å². The summed E-state index contributed by atoms with van der Waals surface area (Å²) in [6.07, 6.45) is 2.92. The van der Waals surface area contributed by atoms with Gasteiger partial charge in [0.05, 0.1) is 13.7 Å². The predicted molar refractivity (Wildman–Crippen MR) is 127 cm³/mol. The Bertz CT molecular complexity index is 1110. The molecule has 170 valence electrons. The fraction of sp³-hybridized carbons (Fsp3) is 0.154. The van der Waals surface area contributed by atoms with E-state index in [9.17, 15) is 9.59 Å². The number of hydrazine groups is 1. The molecule has 0 fully saturated rings. The average Bonchev–Trinajstić information content (AvgIpc) is 2.86. The lowest BCUT2D eigenvalue weighted by Crippen LogP contribution is -2.43. The average molecular weight is 447 g/mol. The lowest BCUT2D eigenvalue weighted by atomic mass is 10.1. The maximum Gasteiger partial charge on any atom is 0.276 e. The van der Waals surface area contributed by atoms with Gasteiger partial charge >= 0.3 is 0 Å². The lowest BCUT2D eigenvalue weighted by molar-refractivity contribution is -0.128. The van der Waals surface area contributed by atoms with Crippen molar-refractivity contribution in [2.75, 3.05) is 20.3 Å². The van der Waals surface area contributed by atoms with Crippen molar-refractivity contribution < 1.29 is 23.8 Å². The molecule has 0 unspecified atom stereocenters. The second kappa shape index (κ2) is 12.0. The van der Waals surface area contributed by atoms with Crippen molar-refractivity contribution in [2.45, 2.75) is 6.92 Å². The van der Waals surface area contributed by atoms with Crippen LogP contribution < -0.4 is 25.1 Å². The molecule has 0 heterocycles. The Labute approximate surface area is 193 Å². The number of hydrogen-bond acceptors (Lipinski definition) is 5. The second-order valence-electron chi connectivity index (χ2n) is 6.86. The number of amides is 2. The predicted octanol–water partition coefficient (Wildman–Crippen LogP) is 4.00. The van der Waals surface area contributed by atoms with E-state index in [-0.39, 0.29) is 6.61 Å². The van der Waals surface area contributed by atoms with Crippen LogP contribution in [0, 0.1) is 0 Å². The molecule has 7 heteroatoms. The van der Waals surface area contributed by atoms with Crippen LogP contribution in [0.3, 0.4) is 0 Å². The summed E-state index contributed by atoms with van der Waals surface area (Å²) < 4.78 is 16.4. The highest BCUT2D eigenvalue weighted by atomic mass is 16.5. The molecule has 0 aliphatic rings. The molecule has 3 aromatic carbocycles. The third-order valence-corrected chi connectivity index (χ3v) is 4.57. The van der Waals surface area contributed by atoms with E-state index in [4.69, 9.17) is 14.2 Å². The number of nitrogens with one attached hydrogen (secondary N) is 2. The van der Waals surface area contributed by atoms with E-state index in [1.165, 1.54) is 6.08 Å². The minimum absolute atomic E-state index is 0.246. The van der Waals surface area contributed by atoms with E-state index in [0.29, 0.717) is 23.9 Å². The minimum Gasteiger partial charge on any atom is -0.493 e. The summed E-state index contributed by atoms with van der Waals surface area (Å²) in [5.74, 6) is 0.808. The van der Waals surface area contributed by atoms with E-state index >= 15 is 0 Å². The van der Waals surface area contributed by atoms with Gasteiger partial charge in [-0.15, -0.1) is 0 Å². The summed E-state index contributed by atoms with van der Waals surface area (Å²) in [5, 5.41) is 0. The Balaban J connectivity index is 1.51. The number of methoxy groups -OCH3 is 1. The third-order valence-electron chi connectivity index (χ3n) is 4.57. The van der Waals surface area contributed by atoms with Crippen LogP contribution in [0.25, 0.3) is 17.2 Å². The van der Waals surface area contributed by atoms with Gasteiger partial charge in [-0.2, -0.15) is 0 Å². The number of rotatable bonds is 9. The van der Waals surface area contributed by atoms with E-state index in [1.54, 1.807) is 37.5 Å². The van der Waals surface area contributed by atoms with Crippen molar-refractivity contribution in [3.05, 3.63) is 84.4 Å². The zero-order valence-electron chi connectivity index (χ0n) is 18.5. The molecule has 7 nitrogen and oxygen atoms in total. The van der Waals surface area contributed by atoms with Crippen molar-refractivity contribution in [2.24, 2.45) is 0 Å². The molecule has 0 bridgehead atoms. The first-order valence-corrected chi connectivity index (χ1v) is 10.5. The fourth-order valence-electron chi connectivity index (χ4n) is 3.04. The van der Waals surface area contributed by atoms with E-state index in [1.807, 2.05) is 55.5 Å². The standard InChI is InChI=1S/C26H26N2O5/c1-3-32-24-17-19(13-15-23(24)31-2)14-16-25(29)27-28-26(30)18-33-22-12-8-7-11-21(22)20-9-5-4-6-10-20/h4-17H,3,18H2,1-2H3,(H,27,29)(H,28,30). The van der Waals surface area contributed by atoms with Crippen molar-refractivity contribution in [3.8, 4) is 28.4 Å². The fourth-order valence-corrected chi connectivity index (χ4v) is 3.04. The van der Waals surface area contributed by atoms with Gasteiger partial charge in [0.25, 0.3) is 11.8 Å². The molecule has 2 amide bonds. The van der Waals surface area contributed by atoms with Crippen molar-refractivity contribution in [3.63, 3.8) is 0 Å². The lowest BCUT2D eigenvalue weighted by Gasteiger charge is -2.12. The second-order valence-corrected chi connectivity index (χ2v) is 6.86. The van der Waals surface area contributed by atoms with Gasteiger partial charge in [-0.05, 0) is 42.3 Å². The largest absolute Gasteiger partial charge is 0.493 e. The zero-order chi connectivity index (χ0) is 23.5. The molecule has 3 aromatic rings. The van der Waals surface area contributed by atoms with Gasteiger partial charge in [0.15, 0.2) is 18.1 Å². The quantitative estimate of drug-likeness (QED) is 0.383. The molecule has 0 aliphatic carbocycles. The Kier molecular flexibility index (Phi) is 8.48. The van der Waals surface area contributed by atoms with Crippen LogP contribution in [-0.4, -0.2) is 32.1 Å². The molecule has 0 saturated carbocycles. The van der Waals surface area contributed by atoms with Gasteiger partial charge in [0, 0.05) is 11.6 Å². The number of benzene rings is 3. The maximum atomic E-state index is 12.1. The highest BCUT2D eigenvalue weighted by Gasteiger charge is 2.09. The summed E-state index contributed by atoms with van der Waals surface area (Å²) in [4.78, 5) is 24.2. The molecule has 3 rings (SSSR count). The molecule has 0 spiro atoms. The topological polar surface area (TPSA) is 85.9 Å². The molecule has 33 heavy (non-hydrogen) atoms. The van der Waals surface area contributed by atoms with Gasteiger partial charge in [-0.1, -0.05) is 54.6 Å². The Hall–Kier alpha value is -4.26. The van der Waals surface area contributed by atoms with Gasteiger partial charge in [-0.25, -0.2) is 0 Å². The number of para-hydroxylation sites is 1. The number of hydrogen-bond donors (Lipinski definition) is 2. The van der Waals surface area contributed by atoms with Crippen LogP contribution in [0.4, 0.5) is 0 Å². The number of carbonyl (C=O) groups excluding carboxylic acids is 2. The first kappa shape index (κ1) is 23.4. The van der Waals surface area contributed by atoms with Crippen LogP contribution in [0.5, 0.6) is 17.2 Å². The highest BCUT2D eigenvalue weighted by Crippen LogP contribution is 2.30. The highest BCUT2D eigenvalue weighted by molar-refractivity contribution is 5.93. The van der Waals surface area contributed by atoms with E-state index < -0.39 is 11.8 Å². The zero-order valence-corrected chi connectivity index (χ0v) is 18.5. The smallest absolute Gasteiger partial charge is 0.276 e. The third kappa shape index (κ3) is 6.87. The number of carbonyl (C=O) groups is 2. The Morgan fingerprint density at radius 1 is 0.848 bits per heavy atom. The Morgan fingerprint density at radius 3 is 2.36 bits per heavy atom. The first-order chi connectivity index (χ1) is 16.1. The van der Waals surface area contributed by atoms with E-state index in [2.05, 4.69) is 10.9 Å². The van der Waals surface area contributed by atoms with Gasteiger partial charge in [0.1, 0.15) is 5.75 Å². The molecule has 0 aromatic heterocycles. The van der Waals surface area contributed by atoms with Crippen molar-refractivity contribution in [1.82, 2.24) is 10.9 Å². The van der Waals surface area contributed by atoms with Crippen LogP contribution in [0.15, 0.2) is 78.9 Å². The van der Waals surface area contributed by atoms with Crippen LogP contribution in [-0.2, 0) is 9.59 Å². The molecule has 0 aliphatic heterocycles. The van der Waals surface area contributed by atoms with Crippen molar-refractivity contribution >= 4 is 17.9 Å². The molecule has 2 N–H and O–H groups in total. The molecule has 0 saturated heterocycles. The summed E-state index contributed by atoms with van der Waals surface area (Å²) in [6, 6.07) is 22.5. The summed E-state index contributed by atoms with van der Waals surface area (Å²) in [5.41, 5.74) is 7.29. The summed E-state index contributed by atoms with van der Waals surface area (Å²) in [6.45, 7) is 2.13. The Morgan fingerprint density at radius 2 is 1.61 bits per heavy atom. The summed E-state index contributed by atoms with van der Waals surface area (Å²) >= 11 is 0. The van der Waals surface area contributed by atoms with Gasteiger partial charge in [0.2, 0.25) is 0 Å². The van der Waals surface area contributed by atoms with Crippen LogP contribution in [0.1, 0.15) is 12.5 Å². The normalized spacial score (nSPS) is 10.5. The first-order valence-electron chi connectivity index (χ1n) is 10.5. The van der Waals surface area contributed by atoms with E-state index in [0.717, 1.165) is 16.7 Å².